The van der Waals surface area contributed by atoms with Crippen molar-refractivity contribution < 1.29 is 14.3 Å². The van der Waals surface area contributed by atoms with E-state index in [1.165, 1.54) is 0 Å². The van der Waals surface area contributed by atoms with Crippen molar-refractivity contribution in [3.05, 3.63) is 71.8 Å². The number of aryl methyl sites for hydroxylation is 1. The van der Waals surface area contributed by atoms with Crippen molar-refractivity contribution in [3.63, 3.8) is 0 Å². The van der Waals surface area contributed by atoms with Gasteiger partial charge in [-0.1, -0.05) is 60.7 Å². The van der Waals surface area contributed by atoms with Gasteiger partial charge in [0.15, 0.2) is 0 Å². The Labute approximate surface area is 147 Å². The quantitative estimate of drug-likeness (QED) is 0.879. The molecule has 2 aromatic rings. The van der Waals surface area contributed by atoms with Crippen LogP contribution in [0.1, 0.15) is 30.5 Å². The molecule has 1 aliphatic rings. The molecule has 25 heavy (non-hydrogen) atoms. The number of rotatable bonds is 5. The van der Waals surface area contributed by atoms with E-state index in [4.69, 9.17) is 10.5 Å². The first kappa shape index (κ1) is 17.0. The Bertz CT molecular complexity index is 748. The third-order valence-corrected chi connectivity index (χ3v) is 4.91. The lowest BCUT2D eigenvalue weighted by Crippen LogP contribution is -2.40. The molecule has 5 heteroatoms. The van der Waals surface area contributed by atoms with Gasteiger partial charge < -0.3 is 15.8 Å². The molecule has 1 heterocycles. The minimum absolute atomic E-state index is 0.122. The summed E-state index contributed by atoms with van der Waals surface area (Å²) in [6, 6.07) is 19.0. The van der Waals surface area contributed by atoms with Gasteiger partial charge in [-0.3, -0.25) is 4.79 Å². The van der Waals surface area contributed by atoms with Gasteiger partial charge in [0.2, 0.25) is 5.91 Å². The smallest absolute Gasteiger partial charge is 0.404 e. The highest BCUT2D eigenvalue weighted by atomic mass is 16.6. The molecule has 1 aliphatic heterocycles. The summed E-state index contributed by atoms with van der Waals surface area (Å²) in [5.41, 5.74) is 6.47. The van der Waals surface area contributed by atoms with E-state index in [2.05, 4.69) is 5.32 Å². The van der Waals surface area contributed by atoms with Crippen LogP contribution >= 0.6 is 0 Å². The molecule has 2 amide bonds. The van der Waals surface area contributed by atoms with Crippen LogP contribution in [-0.4, -0.2) is 18.1 Å². The van der Waals surface area contributed by atoms with Crippen LogP contribution in [0.25, 0.3) is 0 Å². The first-order valence-electron chi connectivity index (χ1n) is 8.36. The van der Waals surface area contributed by atoms with E-state index < -0.39 is 23.7 Å². The Hall–Kier alpha value is -2.82. The normalized spacial score (nSPS) is 25.4. The predicted molar refractivity (Wildman–Crippen MR) is 94.7 cm³/mol. The first-order chi connectivity index (χ1) is 12.0. The largest absolute Gasteiger partial charge is 0.443 e. The van der Waals surface area contributed by atoms with E-state index in [-0.39, 0.29) is 5.91 Å². The summed E-state index contributed by atoms with van der Waals surface area (Å²) >= 11 is 0. The van der Waals surface area contributed by atoms with Gasteiger partial charge in [0.05, 0.1) is 11.5 Å². The molecule has 3 rings (SSSR count). The fourth-order valence-corrected chi connectivity index (χ4v) is 3.43. The summed E-state index contributed by atoms with van der Waals surface area (Å²) in [4.78, 5) is 24.2. The van der Waals surface area contributed by atoms with Crippen LogP contribution < -0.4 is 11.1 Å². The lowest BCUT2D eigenvalue weighted by Gasteiger charge is -2.30. The highest BCUT2D eigenvalue weighted by Crippen LogP contribution is 2.43. The van der Waals surface area contributed by atoms with Gasteiger partial charge in [-0.25, -0.2) is 4.79 Å². The Morgan fingerprint density at radius 3 is 2.32 bits per heavy atom. The molecule has 1 saturated heterocycles. The molecule has 2 aromatic carbocycles. The second-order valence-electron chi connectivity index (χ2n) is 6.62. The number of nitrogens with one attached hydrogen (secondary N) is 1. The average Bonchev–Trinajstić information content (AvgIpc) is 2.86. The van der Waals surface area contributed by atoms with Gasteiger partial charge >= 0.3 is 6.09 Å². The molecule has 0 bridgehead atoms. The number of carbonyl (C=O) groups is 2. The summed E-state index contributed by atoms with van der Waals surface area (Å²) in [5.74, 6) is -0.122. The summed E-state index contributed by atoms with van der Waals surface area (Å²) in [6.07, 6.45) is -0.244. The van der Waals surface area contributed by atoms with Crippen LogP contribution in [0.3, 0.4) is 0 Å². The Kier molecular flexibility index (Phi) is 4.74. The zero-order valence-corrected chi connectivity index (χ0v) is 14.1. The second kappa shape index (κ2) is 6.97. The van der Waals surface area contributed by atoms with E-state index in [1.807, 2.05) is 67.6 Å². The lowest BCUT2D eigenvalue weighted by atomic mass is 9.78. The summed E-state index contributed by atoms with van der Waals surface area (Å²) < 4.78 is 5.41. The topological polar surface area (TPSA) is 81.4 Å². The number of nitrogens with two attached hydrogens (primary N) is 1. The zero-order valence-electron chi connectivity index (χ0n) is 14.1. The first-order valence-corrected chi connectivity index (χ1v) is 8.36. The summed E-state index contributed by atoms with van der Waals surface area (Å²) in [5, 5.41) is 2.98. The summed E-state index contributed by atoms with van der Waals surface area (Å²) in [6.45, 7) is 1.84. The highest BCUT2D eigenvalue weighted by Gasteiger charge is 2.54. The van der Waals surface area contributed by atoms with Crippen LogP contribution in [0.4, 0.5) is 4.79 Å². The third kappa shape index (κ3) is 3.50. The number of hydrogen-bond acceptors (Lipinski definition) is 3. The number of carbonyl (C=O) groups excluding carboxylic acids is 2. The molecule has 1 unspecified atom stereocenters. The van der Waals surface area contributed by atoms with Crippen LogP contribution in [0.2, 0.25) is 0 Å². The minimum Gasteiger partial charge on any atom is -0.443 e. The van der Waals surface area contributed by atoms with Crippen molar-refractivity contribution in [1.29, 1.82) is 0 Å². The number of ether oxygens (including phenoxy) is 1. The number of primary amides is 1. The minimum atomic E-state index is -0.867. The molecule has 5 nitrogen and oxygen atoms in total. The summed E-state index contributed by atoms with van der Waals surface area (Å²) in [7, 11) is 0. The SMILES string of the molecule is CC1(CCc2ccccc2)C(=O)N[C@@H](c2ccccc2)[C@@H]1OC(N)=O. The van der Waals surface area contributed by atoms with Crippen LogP contribution in [-0.2, 0) is 16.0 Å². The van der Waals surface area contributed by atoms with Crippen molar-refractivity contribution >= 4 is 12.0 Å². The van der Waals surface area contributed by atoms with Crippen LogP contribution in [0, 0.1) is 5.41 Å². The molecule has 3 atom stereocenters. The highest BCUT2D eigenvalue weighted by molar-refractivity contribution is 5.87. The van der Waals surface area contributed by atoms with Gasteiger partial charge in [-0.15, -0.1) is 0 Å². The molecule has 3 N–H and O–H groups in total. The van der Waals surface area contributed by atoms with E-state index >= 15 is 0 Å². The molecular formula is C20H22N2O3. The standard InChI is InChI=1S/C20H22N2O3/c1-20(13-12-14-8-4-2-5-9-14)17(25-19(21)24)16(22-18(20)23)15-10-6-3-7-11-15/h2-11,16-17H,12-13H2,1H3,(H2,21,24)(H,22,23)/t16-,17-,20?/m0/s1. The van der Waals surface area contributed by atoms with Gasteiger partial charge in [0.25, 0.3) is 0 Å². The van der Waals surface area contributed by atoms with Crippen molar-refractivity contribution in [3.8, 4) is 0 Å². The second-order valence-corrected chi connectivity index (χ2v) is 6.62. The molecule has 1 fully saturated rings. The fourth-order valence-electron chi connectivity index (χ4n) is 3.43. The monoisotopic (exact) mass is 338 g/mol. The maximum atomic E-state index is 12.7. The number of benzene rings is 2. The number of amides is 2. The molecule has 0 radical (unpaired) electrons. The number of hydrogen-bond donors (Lipinski definition) is 2. The van der Waals surface area contributed by atoms with Crippen molar-refractivity contribution in [2.24, 2.45) is 11.1 Å². The molecule has 0 aliphatic carbocycles. The lowest BCUT2D eigenvalue weighted by molar-refractivity contribution is -0.129. The average molecular weight is 338 g/mol. The van der Waals surface area contributed by atoms with Gasteiger partial charge in [0, 0.05) is 0 Å². The van der Waals surface area contributed by atoms with Crippen molar-refractivity contribution in [2.45, 2.75) is 31.9 Å². The van der Waals surface area contributed by atoms with Gasteiger partial charge in [-0.2, -0.15) is 0 Å². The van der Waals surface area contributed by atoms with E-state index in [0.29, 0.717) is 12.8 Å². The Morgan fingerprint density at radius 2 is 1.72 bits per heavy atom. The molecular weight excluding hydrogens is 316 g/mol. The Morgan fingerprint density at radius 1 is 1.12 bits per heavy atom. The zero-order chi connectivity index (χ0) is 17.9. The van der Waals surface area contributed by atoms with E-state index in [1.54, 1.807) is 0 Å². The fraction of sp³-hybridized carbons (Fsp3) is 0.300. The third-order valence-electron chi connectivity index (χ3n) is 4.91. The molecule has 0 aromatic heterocycles. The maximum absolute atomic E-state index is 12.7. The van der Waals surface area contributed by atoms with Crippen LogP contribution in [0.5, 0.6) is 0 Å². The van der Waals surface area contributed by atoms with E-state index in [0.717, 1.165) is 11.1 Å². The Balaban J connectivity index is 1.87. The maximum Gasteiger partial charge on any atom is 0.404 e. The van der Waals surface area contributed by atoms with E-state index in [9.17, 15) is 9.59 Å². The van der Waals surface area contributed by atoms with Gasteiger partial charge in [-0.05, 0) is 30.9 Å². The predicted octanol–water partition coefficient (Wildman–Crippen LogP) is 2.96. The molecule has 0 spiro atoms. The van der Waals surface area contributed by atoms with Gasteiger partial charge in [0.1, 0.15) is 6.10 Å². The van der Waals surface area contributed by atoms with Crippen molar-refractivity contribution in [2.75, 3.05) is 0 Å². The van der Waals surface area contributed by atoms with Crippen LogP contribution in [0.15, 0.2) is 60.7 Å². The van der Waals surface area contributed by atoms with Crippen molar-refractivity contribution in [1.82, 2.24) is 5.32 Å². The molecule has 0 saturated carbocycles. The molecule has 130 valence electrons.